The number of amides is 1. The zero-order chi connectivity index (χ0) is 14.3. The number of rotatable bonds is 2. The maximum absolute atomic E-state index is 12.4. The Labute approximate surface area is 117 Å². The number of hydrogen-bond acceptors (Lipinski definition) is 3. The highest BCUT2D eigenvalue weighted by atomic mass is 16.5. The molecule has 0 unspecified atom stereocenters. The largest absolute Gasteiger partial charge is 0.481 e. The fraction of sp³-hybridized carbons (Fsp3) is 0.467. The summed E-state index contributed by atoms with van der Waals surface area (Å²) in [6.07, 6.45) is 0.548. The minimum absolute atomic E-state index is 0.105. The summed E-state index contributed by atoms with van der Waals surface area (Å²) in [5.74, 6) is -0.194. The molecule has 0 radical (unpaired) electrons. The number of carbonyl (C=O) groups is 2. The van der Waals surface area contributed by atoms with E-state index in [1.54, 1.807) is 11.8 Å². The quantitative estimate of drug-likeness (QED) is 0.883. The second kappa shape index (κ2) is 4.51. The van der Waals surface area contributed by atoms with Crippen LogP contribution in [-0.4, -0.2) is 41.1 Å². The van der Waals surface area contributed by atoms with E-state index in [0.717, 1.165) is 11.3 Å². The molecule has 0 aromatic heterocycles. The van der Waals surface area contributed by atoms with Gasteiger partial charge in [0.1, 0.15) is 5.75 Å². The van der Waals surface area contributed by atoms with Gasteiger partial charge < -0.3 is 14.7 Å². The Kier molecular flexibility index (Phi) is 2.92. The third-order valence-corrected chi connectivity index (χ3v) is 4.22. The molecule has 106 valence electrons. The van der Waals surface area contributed by atoms with Crippen molar-refractivity contribution in [3.05, 3.63) is 29.8 Å². The van der Waals surface area contributed by atoms with Crippen LogP contribution in [0.5, 0.6) is 5.75 Å². The molecule has 0 bridgehead atoms. The Morgan fingerprint density at radius 2 is 2.15 bits per heavy atom. The molecule has 3 rings (SSSR count). The van der Waals surface area contributed by atoms with Gasteiger partial charge in [0.2, 0.25) is 0 Å². The van der Waals surface area contributed by atoms with E-state index in [2.05, 4.69) is 0 Å². The van der Waals surface area contributed by atoms with E-state index in [9.17, 15) is 14.7 Å². The fourth-order valence-corrected chi connectivity index (χ4v) is 2.85. The van der Waals surface area contributed by atoms with Gasteiger partial charge in [-0.3, -0.25) is 9.59 Å². The van der Waals surface area contributed by atoms with Crippen molar-refractivity contribution in [3.63, 3.8) is 0 Å². The van der Waals surface area contributed by atoms with Crippen LogP contribution in [0.2, 0.25) is 0 Å². The predicted molar refractivity (Wildman–Crippen MR) is 71.5 cm³/mol. The van der Waals surface area contributed by atoms with E-state index in [0.29, 0.717) is 19.4 Å². The van der Waals surface area contributed by atoms with Crippen molar-refractivity contribution in [1.29, 1.82) is 0 Å². The van der Waals surface area contributed by atoms with Crippen molar-refractivity contribution in [1.82, 2.24) is 4.90 Å². The summed E-state index contributed by atoms with van der Waals surface area (Å²) in [4.78, 5) is 25.3. The molecule has 1 amide bonds. The van der Waals surface area contributed by atoms with Crippen LogP contribution >= 0.6 is 0 Å². The van der Waals surface area contributed by atoms with Gasteiger partial charge in [-0.05, 0) is 25.0 Å². The highest BCUT2D eigenvalue weighted by molar-refractivity contribution is 5.84. The first-order chi connectivity index (χ1) is 9.49. The van der Waals surface area contributed by atoms with Gasteiger partial charge >= 0.3 is 5.97 Å². The number of nitrogens with zero attached hydrogens (tertiary/aromatic N) is 1. The van der Waals surface area contributed by atoms with Crippen molar-refractivity contribution in [2.75, 3.05) is 13.1 Å². The highest BCUT2D eigenvalue weighted by Crippen LogP contribution is 2.33. The second-order valence-electron chi connectivity index (χ2n) is 5.79. The van der Waals surface area contributed by atoms with Crippen molar-refractivity contribution in [3.8, 4) is 5.75 Å². The fourth-order valence-electron chi connectivity index (χ4n) is 2.85. The highest BCUT2D eigenvalue weighted by Gasteiger charge is 2.44. The zero-order valence-corrected chi connectivity index (χ0v) is 11.3. The van der Waals surface area contributed by atoms with Gasteiger partial charge in [0, 0.05) is 19.5 Å². The average molecular weight is 275 g/mol. The van der Waals surface area contributed by atoms with Gasteiger partial charge in [-0.25, -0.2) is 0 Å². The van der Waals surface area contributed by atoms with Crippen LogP contribution in [0.25, 0.3) is 0 Å². The molecule has 2 atom stereocenters. The van der Waals surface area contributed by atoms with Crippen molar-refractivity contribution in [2.24, 2.45) is 5.41 Å². The molecule has 0 aliphatic carbocycles. The Bertz CT molecular complexity index is 546. The van der Waals surface area contributed by atoms with Crippen LogP contribution in [-0.2, 0) is 16.0 Å². The van der Waals surface area contributed by atoms with Gasteiger partial charge in [-0.15, -0.1) is 0 Å². The van der Waals surface area contributed by atoms with E-state index >= 15 is 0 Å². The van der Waals surface area contributed by atoms with Gasteiger partial charge in [-0.2, -0.15) is 0 Å². The van der Waals surface area contributed by atoms with Gasteiger partial charge in [0.05, 0.1) is 5.41 Å². The maximum atomic E-state index is 12.4. The molecule has 0 spiro atoms. The van der Waals surface area contributed by atoms with Crippen LogP contribution in [0.3, 0.4) is 0 Å². The number of hydrogen-bond donors (Lipinski definition) is 1. The van der Waals surface area contributed by atoms with Crippen LogP contribution in [0, 0.1) is 5.41 Å². The monoisotopic (exact) mass is 275 g/mol. The number of carboxylic acid groups (broad SMARTS) is 1. The van der Waals surface area contributed by atoms with Crippen LogP contribution < -0.4 is 4.74 Å². The first kappa shape index (κ1) is 13.0. The summed E-state index contributed by atoms with van der Waals surface area (Å²) in [6.45, 7) is 2.43. The molecule has 2 heterocycles. The van der Waals surface area contributed by atoms with Crippen LogP contribution in [0.4, 0.5) is 0 Å². The van der Waals surface area contributed by atoms with E-state index < -0.39 is 17.5 Å². The lowest BCUT2D eigenvalue weighted by atomic mass is 9.90. The number of fused-ring (bicyclic) bond motifs is 1. The van der Waals surface area contributed by atoms with E-state index in [1.165, 1.54) is 0 Å². The SMILES string of the molecule is C[C@]1(C(=O)O)CCN(C(=O)[C@H]2Cc3ccccc3O2)C1. The number of aliphatic carboxylic acids is 1. The molecule has 1 aromatic carbocycles. The number of para-hydroxylation sites is 1. The van der Waals surface area contributed by atoms with Crippen LogP contribution in [0.15, 0.2) is 24.3 Å². The Hall–Kier alpha value is -2.04. The third-order valence-electron chi connectivity index (χ3n) is 4.22. The van der Waals surface area contributed by atoms with Crippen molar-refractivity contribution < 1.29 is 19.4 Å². The minimum atomic E-state index is -0.844. The lowest BCUT2D eigenvalue weighted by molar-refractivity contribution is -0.147. The average Bonchev–Trinajstić information content (AvgIpc) is 3.02. The second-order valence-corrected chi connectivity index (χ2v) is 5.79. The third kappa shape index (κ3) is 2.03. The minimum Gasteiger partial charge on any atom is -0.481 e. The Morgan fingerprint density at radius 1 is 1.40 bits per heavy atom. The topological polar surface area (TPSA) is 66.8 Å². The van der Waals surface area contributed by atoms with Crippen molar-refractivity contribution in [2.45, 2.75) is 25.9 Å². The molecule has 1 fully saturated rings. The molecule has 20 heavy (non-hydrogen) atoms. The first-order valence-corrected chi connectivity index (χ1v) is 6.76. The molecule has 2 aliphatic rings. The Morgan fingerprint density at radius 3 is 2.80 bits per heavy atom. The summed E-state index contributed by atoms with van der Waals surface area (Å²) in [5.41, 5.74) is 0.201. The molecule has 1 saturated heterocycles. The molecular formula is C15H17NO4. The molecule has 5 nitrogen and oxygen atoms in total. The normalized spacial score (nSPS) is 28.1. The van der Waals surface area contributed by atoms with Crippen molar-refractivity contribution >= 4 is 11.9 Å². The number of likely N-dealkylation sites (tertiary alicyclic amines) is 1. The van der Waals surface area contributed by atoms with E-state index in [-0.39, 0.29) is 12.5 Å². The lowest BCUT2D eigenvalue weighted by Crippen LogP contribution is -2.42. The summed E-state index contributed by atoms with van der Waals surface area (Å²) in [5, 5.41) is 9.21. The maximum Gasteiger partial charge on any atom is 0.311 e. The molecule has 2 aliphatic heterocycles. The predicted octanol–water partition coefficient (Wildman–Crippen LogP) is 1.31. The molecular weight excluding hydrogens is 258 g/mol. The number of carbonyl (C=O) groups excluding carboxylic acids is 1. The zero-order valence-electron chi connectivity index (χ0n) is 11.3. The molecule has 5 heteroatoms. The lowest BCUT2D eigenvalue weighted by Gasteiger charge is -2.22. The Balaban J connectivity index is 1.69. The molecule has 1 N–H and O–H groups in total. The number of benzene rings is 1. The smallest absolute Gasteiger partial charge is 0.311 e. The summed E-state index contributed by atoms with van der Waals surface area (Å²) < 4.78 is 5.67. The van der Waals surface area contributed by atoms with Gasteiger partial charge in [0.15, 0.2) is 6.10 Å². The summed E-state index contributed by atoms with van der Waals surface area (Å²) >= 11 is 0. The molecule has 1 aromatic rings. The van der Waals surface area contributed by atoms with E-state index in [4.69, 9.17) is 4.74 Å². The summed E-state index contributed by atoms with van der Waals surface area (Å²) in [6, 6.07) is 7.61. The first-order valence-electron chi connectivity index (χ1n) is 6.76. The number of carboxylic acids is 1. The number of ether oxygens (including phenoxy) is 1. The standard InChI is InChI=1S/C15H17NO4/c1-15(14(18)19)6-7-16(9-15)13(17)12-8-10-4-2-3-5-11(10)20-12/h2-5,12H,6-9H2,1H3,(H,18,19)/t12-,15+/m1/s1. The van der Waals surface area contributed by atoms with E-state index in [1.807, 2.05) is 24.3 Å². The van der Waals surface area contributed by atoms with Crippen LogP contribution in [0.1, 0.15) is 18.9 Å². The van der Waals surface area contributed by atoms with Gasteiger partial charge in [-0.1, -0.05) is 18.2 Å². The molecule has 0 saturated carbocycles. The van der Waals surface area contributed by atoms with Gasteiger partial charge in [0.25, 0.3) is 5.91 Å². The summed E-state index contributed by atoms with van der Waals surface area (Å²) in [7, 11) is 0.